The topological polar surface area (TPSA) is 48.3 Å². The van der Waals surface area contributed by atoms with Gasteiger partial charge in [0.15, 0.2) is 5.43 Å². The summed E-state index contributed by atoms with van der Waals surface area (Å²) in [6.45, 7) is 0.00807. The SMILES string of the molecule is O=C(Cn1c2ccccc2c(=O)c2ccccc21)Oc1ccc2ccccc2c1. The summed E-state index contributed by atoms with van der Waals surface area (Å²) in [4.78, 5) is 25.6. The van der Waals surface area contributed by atoms with Crippen LogP contribution in [-0.4, -0.2) is 10.5 Å². The zero-order valence-corrected chi connectivity index (χ0v) is 15.5. The Labute approximate surface area is 166 Å². The number of hydrogen-bond donors (Lipinski definition) is 0. The minimum atomic E-state index is -0.390. The molecule has 1 aromatic heterocycles. The molecule has 0 saturated carbocycles. The number of carbonyl (C=O) groups excluding carboxylic acids is 1. The van der Waals surface area contributed by atoms with Crippen molar-refractivity contribution in [1.82, 2.24) is 4.57 Å². The molecule has 5 aromatic rings. The molecule has 0 amide bonds. The molecule has 1 heterocycles. The van der Waals surface area contributed by atoms with E-state index in [4.69, 9.17) is 4.74 Å². The predicted molar refractivity (Wildman–Crippen MR) is 115 cm³/mol. The smallest absolute Gasteiger partial charge is 0.331 e. The van der Waals surface area contributed by atoms with E-state index in [0.29, 0.717) is 27.6 Å². The highest BCUT2D eigenvalue weighted by molar-refractivity contribution is 5.94. The summed E-state index contributed by atoms with van der Waals surface area (Å²) in [5.74, 6) is 0.114. The molecule has 0 N–H and O–H groups in total. The van der Waals surface area contributed by atoms with Crippen LogP contribution in [0.4, 0.5) is 0 Å². The first-order chi connectivity index (χ1) is 14.2. The van der Waals surface area contributed by atoms with Gasteiger partial charge >= 0.3 is 5.97 Å². The van der Waals surface area contributed by atoms with Gasteiger partial charge in [-0.2, -0.15) is 0 Å². The van der Waals surface area contributed by atoms with E-state index in [2.05, 4.69) is 0 Å². The molecular formula is C25H17NO3. The van der Waals surface area contributed by atoms with E-state index in [-0.39, 0.29) is 17.9 Å². The molecule has 0 atom stereocenters. The molecule has 29 heavy (non-hydrogen) atoms. The first-order valence-electron chi connectivity index (χ1n) is 9.40. The van der Waals surface area contributed by atoms with Crippen molar-refractivity contribution in [3.05, 3.63) is 101 Å². The third-order valence-electron chi connectivity index (χ3n) is 5.12. The van der Waals surface area contributed by atoms with E-state index in [9.17, 15) is 9.59 Å². The minimum Gasteiger partial charge on any atom is -0.425 e. The fraction of sp³-hybridized carbons (Fsp3) is 0.0400. The number of rotatable bonds is 3. The molecule has 0 aliphatic carbocycles. The summed E-state index contributed by atoms with van der Waals surface area (Å²) >= 11 is 0. The van der Waals surface area contributed by atoms with E-state index in [0.717, 1.165) is 10.8 Å². The molecule has 0 fully saturated rings. The van der Waals surface area contributed by atoms with Crippen molar-refractivity contribution in [3.8, 4) is 5.75 Å². The van der Waals surface area contributed by atoms with Gasteiger partial charge < -0.3 is 9.30 Å². The Bertz CT molecular complexity index is 1390. The number of hydrogen-bond acceptors (Lipinski definition) is 3. The molecule has 0 unspecified atom stereocenters. The van der Waals surface area contributed by atoms with Gasteiger partial charge in [0.2, 0.25) is 0 Å². The number of fused-ring (bicyclic) bond motifs is 3. The molecule has 0 bridgehead atoms. The third-order valence-corrected chi connectivity index (χ3v) is 5.12. The maximum absolute atomic E-state index is 12.8. The van der Waals surface area contributed by atoms with Crippen LogP contribution in [0.3, 0.4) is 0 Å². The summed E-state index contributed by atoms with van der Waals surface area (Å²) in [5, 5.41) is 3.27. The summed E-state index contributed by atoms with van der Waals surface area (Å²) in [5.41, 5.74) is 1.40. The third kappa shape index (κ3) is 3.05. The van der Waals surface area contributed by atoms with E-state index < -0.39 is 0 Å². The maximum atomic E-state index is 12.8. The van der Waals surface area contributed by atoms with Gasteiger partial charge in [-0.25, -0.2) is 4.79 Å². The highest BCUT2D eigenvalue weighted by Gasteiger charge is 2.14. The Morgan fingerprint density at radius 1 is 0.724 bits per heavy atom. The highest BCUT2D eigenvalue weighted by atomic mass is 16.5. The lowest BCUT2D eigenvalue weighted by atomic mass is 10.1. The number of ether oxygens (including phenoxy) is 1. The monoisotopic (exact) mass is 379 g/mol. The number of carbonyl (C=O) groups is 1. The van der Waals surface area contributed by atoms with Crippen LogP contribution >= 0.6 is 0 Å². The molecule has 4 heteroatoms. The second-order valence-electron chi connectivity index (χ2n) is 6.93. The fourth-order valence-electron chi connectivity index (χ4n) is 3.77. The average molecular weight is 379 g/mol. The molecule has 140 valence electrons. The van der Waals surface area contributed by atoms with Gasteiger partial charge in [-0.15, -0.1) is 0 Å². The van der Waals surface area contributed by atoms with E-state index in [1.807, 2.05) is 77.4 Å². The van der Waals surface area contributed by atoms with Gasteiger partial charge in [-0.05, 0) is 47.2 Å². The second-order valence-corrected chi connectivity index (χ2v) is 6.93. The van der Waals surface area contributed by atoms with Crippen molar-refractivity contribution in [2.45, 2.75) is 6.54 Å². The lowest BCUT2D eigenvalue weighted by Crippen LogP contribution is -2.19. The van der Waals surface area contributed by atoms with Crippen molar-refractivity contribution in [1.29, 1.82) is 0 Å². The quantitative estimate of drug-likeness (QED) is 0.254. The molecule has 4 aromatic carbocycles. The largest absolute Gasteiger partial charge is 0.425 e. The van der Waals surface area contributed by atoms with Crippen LogP contribution in [-0.2, 0) is 11.3 Å². The van der Waals surface area contributed by atoms with Gasteiger partial charge in [0.05, 0.1) is 11.0 Å². The molecule has 5 rings (SSSR count). The van der Waals surface area contributed by atoms with Crippen LogP contribution in [0, 0.1) is 0 Å². The number of pyridine rings is 1. The predicted octanol–water partition coefficient (Wildman–Crippen LogP) is 4.91. The van der Waals surface area contributed by atoms with Crippen LogP contribution in [0.5, 0.6) is 5.75 Å². The molecule has 0 saturated heterocycles. The molecule has 4 nitrogen and oxygen atoms in total. The first kappa shape index (κ1) is 17.2. The summed E-state index contributed by atoms with van der Waals surface area (Å²) in [6.07, 6.45) is 0. The van der Waals surface area contributed by atoms with Gasteiger partial charge in [-0.1, -0.05) is 54.6 Å². The lowest BCUT2D eigenvalue weighted by molar-refractivity contribution is -0.134. The van der Waals surface area contributed by atoms with E-state index in [1.54, 1.807) is 18.2 Å². The number of esters is 1. The van der Waals surface area contributed by atoms with Gasteiger partial charge in [0.1, 0.15) is 12.3 Å². The van der Waals surface area contributed by atoms with Crippen molar-refractivity contribution in [2.24, 2.45) is 0 Å². The zero-order chi connectivity index (χ0) is 19.8. The van der Waals surface area contributed by atoms with Crippen LogP contribution in [0.2, 0.25) is 0 Å². The van der Waals surface area contributed by atoms with Crippen LogP contribution in [0.25, 0.3) is 32.6 Å². The standard InChI is InChI=1S/C25H17NO3/c27-24(29-19-14-13-17-7-1-2-8-18(17)15-19)16-26-22-11-5-3-9-20(22)25(28)21-10-4-6-12-23(21)26/h1-15H,16H2. The normalized spacial score (nSPS) is 11.2. The molecule has 0 aliphatic heterocycles. The Morgan fingerprint density at radius 3 is 2.00 bits per heavy atom. The van der Waals surface area contributed by atoms with Crippen molar-refractivity contribution < 1.29 is 9.53 Å². The van der Waals surface area contributed by atoms with E-state index >= 15 is 0 Å². The second kappa shape index (κ2) is 6.91. The molecule has 0 spiro atoms. The lowest BCUT2D eigenvalue weighted by Gasteiger charge is -2.14. The van der Waals surface area contributed by atoms with Crippen molar-refractivity contribution in [3.63, 3.8) is 0 Å². The van der Waals surface area contributed by atoms with Gasteiger partial charge in [0, 0.05) is 10.8 Å². The Balaban J connectivity index is 1.55. The van der Waals surface area contributed by atoms with Crippen molar-refractivity contribution >= 4 is 38.5 Å². The first-order valence-corrected chi connectivity index (χ1v) is 9.40. The molecular weight excluding hydrogens is 362 g/mol. The highest BCUT2D eigenvalue weighted by Crippen LogP contribution is 2.22. The molecule has 0 radical (unpaired) electrons. The average Bonchev–Trinajstić information content (AvgIpc) is 2.76. The number of nitrogens with zero attached hydrogens (tertiary/aromatic N) is 1. The Kier molecular flexibility index (Phi) is 4.10. The van der Waals surface area contributed by atoms with Gasteiger partial charge in [-0.3, -0.25) is 4.79 Å². The fourth-order valence-corrected chi connectivity index (χ4v) is 3.77. The van der Waals surface area contributed by atoms with Crippen LogP contribution in [0.15, 0.2) is 95.8 Å². The zero-order valence-electron chi connectivity index (χ0n) is 15.5. The van der Waals surface area contributed by atoms with Crippen LogP contribution < -0.4 is 10.2 Å². The minimum absolute atomic E-state index is 0.00807. The molecule has 0 aliphatic rings. The summed E-state index contributed by atoms with van der Waals surface area (Å²) in [7, 11) is 0. The Morgan fingerprint density at radius 2 is 1.31 bits per heavy atom. The number of benzene rings is 4. The number of aromatic nitrogens is 1. The maximum Gasteiger partial charge on any atom is 0.331 e. The van der Waals surface area contributed by atoms with Crippen LogP contribution in [0.1, 0.15) is 0 Å². The van der Waals surface area contributed by atoms with Crippen molar-refractivity contribution in [2.75, 3.05) is 0 Å². The number of para-hydroxylation sites is 2. The summed E-state index contributed by atoms with van der Waals surface area (Å²) < 4.78 is 7.46. The van der Waals surface area contributed by atoms with E-state index in [1.165, 1.54) is 0 Å². The van der Waals surface area contributed by atoms with Gasteiger partial charge in [0.25, 0.3) is 0 Å². The Hall–Kier alpha value is -3.92. The summed E-state index contributed by atoms with van der Waals surface area (Å²) in [6, 6.07) is 28.2.